The predicted molar refractivity (Wildman–Crippen MR) is 299 cm³/mol. The Morgan fingerprint density at radius 3 is 1.99 bits per heavy atom. The first-order valence-corrected chi connectivity index (χ1v) is 33.3. The molecular formula is C49H63N9O17S6+2. The summed E-state index contributed by atoms with van der Waals surface area (Å²) in [6.07, 6.45) is 9.61. The van der Waals surface area contributed by atoms with Crippen molar-refractivity contribution in [2.45, 2.75) is 97.6 Å². The van der Waals surface area contributed by atoms with E-state index in [-0.39, 0.29) is 82.6 Å². The van der Waals surface area contributed by atoms with Crippen molar-refractivity contribution in [2.75, 3.05) is 47.9 Å². The lowest BCUT2D eigenvalue weighted by molar-refractivity contribution is -0.715. The Balaban J connectivity index is 1.23. The number of hydrogen-bond acceptors (Lipinski definition) is 17. The SMILES string of the molecule is C[n+]1nc(S(N)(=O)=O)sc1NC(=O)CCNC(=O)CCCCCNC(=O)c1ccc(C(=C\C=C2\N(CCCS(=O)(=O)O)c3ccc(S(=O)(=O)O)cc3C2(C)C)/C=C/C2=[N+](CCCS(=O)(=O)O)c3ccc(S(=O)(=O)O)cc3C2(C)C)nc1. The van der Waals surface area contributed by atoms with Crippen LogP contribution in [0.2, 0.25) is 0 Å². The zero-order valence-corrected chi connectivity index (χ0v) is 49.5. The van der Waals surface area contributed by atoms with Gasteiger partial charge in [-0.05, 0) is 105 Å². The summed E-state index contributed by atoms with van der Waals surface area (Å²) in [6, 6.07) is 11.1. The van der Waals surface area contributed by atoms with Gasteiger partial charge in [0.25, 0.3) is 60.7 Å². The Hall–Kier alpha value is -6.20. The molecule has 0 saturated heterocycles. The highest BCUT2D eigenvalue weighted by Crippen LogP contribution is 2.49. The summed E-state index contributed by atoms with van der Waals surface area (Å²) in [5.74, 6) is -2.42. The minimum atomic E-state index is -4.65. The maximum atomic E-state index is 13.4. The topological polar surface area (TPSA) is 401 Å². The molecule has 81 heavy (non-hydrogen) atoms. The molecule has 2 aromatic heterocycles. The number of benzene rings is 2. The van der Waals surface area contributed by atoms with Gasteiger partial charge in [-0.2, -0.15) is 43.6 Å². The van der Waals surface area contributed by atoms with Gasteiger partial charge in [-0.1, -0.05) is 31.4 Å². The van der Waals surface area contributed by atoms with E-state index in [0.717, 1.165) is 4.68 Å². The van der Waals surface area contributed by atoms with Gasteiger partial charge in [0.1, 0.15) is 13.6 Å². The first-order valence-electron chi connectivity index (χ1n) is 24.9. The first kappa shape index (κ1) is 64.0. The van der Waals surface area contributed by atoms with Gasteiger partial charge in [0.2, 0.25) is 11.6 Å². The molecule has 32 heteroatoms. The van der Waals surface area contributed by atoms with Gasteiger partial charge >= 0.3 is 11.0 Å². The van der Waals surface area contributed by atoms with Crippen molar-refractivity contribution in [3.63, 3.8) is 0 Å². The molecule has 2 aromatic carbocycles. The number of nitrogens with two attached hydrogens (primary N) is 1. The number of primary sulfonamides is 1. The summed E-state index contributed by atoms with van der Waals surface area (Å²) in [7, 11) is -20.7. The summed E-state index contributed by atoms with van der Waals surface area (Å²) in [5, 5.41) is 17.0. The fourth-order valence-electron chi connectivity index (χ4n) is 9.22. The minimum absolute atomic E-state index is 0.0232. The van der Waals surface area contributed by atoms with E-state index in [1.165, 1.54) is 55.7 Å². The highest BCUT2D eigenvalue weighted by molar-refractivity contribution is 7.91. The minimum Gasteiger partial charge on any atom is -0.355 e. The Bertz CT molecular complexity index is 3840. The Morgan fingerprint density at radius 1 is 0.741 bits per heavy atom. The highest BCUT2D eigenvalue weighted by Gasteiger charge is 2.45. The van der Waals surface area contributed by atoms with Crippen LogP contribution in [0.4, 0.5) is 16.5 Å². The quantitative estimate of drug-likeness (QED) is 0.0147. The predicted octanol–water partition coefficient (Wildman–Crippen LogP) is 3.19. The smallest absolute Gasteiger partial charge is 0.355 e. The van der Waals surface area contributed by atoms with E-state index >= 15 is 0 Å². The number of aromatic nitrogens is 3. The van der Waals surface area contributed by atoms with Gasteiger partial charge in [-0.15, -0.1) is 4.68 Å². The number of pyridine rings is 1. The maximum absolute atomic E-state index is 13.4. The number of hydrogen-bond donors (Lipinski definition) is 8. The Labute approximate surface area is 474 Å². The molecule has 4 heterocycles. The molecule has 440 valence electrons. The van der Waals surface area contributed by atoms with Crippen LogP contribution in [-0.2, 0) is 78.0 Å². The number of unbranched alkanes of at least 4 members (excludes halogenated alkanes) is 2. The fraction of sp³-hybridized carbons (Fsp3) is 0.408. The van der Waals surface area contributed by atoms with Gasteiger partial charge in [-0.3, -0.25) is 32.8 Å². The molecule has 2 aliphatic heterocycles. The Morgan fingerprint density at radius 2 is 1.38 bits per heavy atom. The fourth-order valence-corrected chi connectivity index (χ4v) is 12.8. The molecular weight excluding hydrogens is 1180 g/mol. The van der Waals surface area contributed by atoms with Crippen LogP contribution in [0, 0.1) is 0 Å². The molecule has 4 aromatic rings. The lowest BCUT2D eigenvalue weighted by atomic mass is 9.81. The number of anilines is 2. The standard InChI is InChI=1S/C49H61N9O17S6/c1-48(2)36-29-34(80(70,71)72)15-18-39(36)57(25-9-27-77(62,63)64)41(48)20-13-32(14-21-42-49(3,4)37-30-35(81(73,74)75)16-19-40(37)58(42)26-10-28-78(65,66)67)38-17-12-33(31-53-38)45(61)52-23-8-6-7-11-43(59)51-24-22-44(60)54-46-56(5)55-47(76-46)79(50,68)69/h12-21,29-31H,6-11,22-28H2,1-5H3,(H7-,50,51,52,59,61,62,63,64,65,66,67,68,69,70,71,72,73,74,75)/p+2. The van der Waals surface area contributed by atoms with Crippen molar-refractivity contribution in [2.24, 2.45) is 12.2 Å². The molecule has 0 bridgehead atoms. The largest absolute Gasteiger partial charge is 0.364 e. The molecule has 0 spiro atoms. The average Bonchev–Trinajstić information content (AvgIpc) is 4.17. The number of carbonyl (C=O) groups excluding carboxylic acids is 3. The molecule has 6 rings (SSSR count). The third-order valence-electron chi connectivity index (χ3n) is 13.3. The van der Waals surface area contributed by atoms with E-state index in [9.17, 15) is 74.7 Å². The number of aryl methyl sites for hydroxylation is 1. The van der Waals surface area contributed by atoms with Crippen molar-refractivity contribution in [3.8, 4) is 0 Å². The van der Waals surface area contributed by atoms with Crippen LogP contribution in [0.5, 0.6) is 0 Å². The van der Waals surface area contributed by atoms with Gasteiger partial charge in [0.05, 0.1) is 44.4 Å². The number of rotatable bonds is 26. The zero-order chi connectivity index (χ0) is 60.1. The highest BCUT2D eigenvalue weighted by atomic mass is 32.3. The number of sulfonamides is 1. The normalized spacial score (nSPS) is 16.0. The van der Waals surface area contributed by atoms with E-state index in [2.05, 4.69) is 26.0 Å². The van der Waals surface area contributed by atoms with Gasteiger partial charge < -0.3 is 15.5 Å². The summed E-state index contributed by atoms with van der Waals surface area (Å²) in [6.45, 7) is 7.50. The summed E-state index contributed by atoms with van der Waals surface area (Å²) in [4.78, 5) is 43.8. The van der Waals surface area contributed by atoms with Crippen molar-refractivity contribution >= 4 is 107 Å². The molecule has 0 unspecified atom stereocenters. The number of fused-ring (bicyclic) bond motifs is 2. The Kier molecular flexibility index (Phi) is 19.8. The zero-order valence-electron chi connectivity index (χ0n) is 44.6. The van der Waals surface area contributed by atoms with Crippen molar-refractivity contribution in [1.29, 1.82) is 0 Å². The monoisotopic (exact) mass is 1240 g/mol. The number of nitrogens with one attached hydrogen (secondary N) is 3. The van der Waals surface area contributed by atoms with Gasteiger partial charge in [-0.25, -0.2) is 18.4 Å². The molecule has 2 aliphatic rings. The summed E-state index contributed by atoms with van der Waals surface area (Å²) in [5.41, 5.74) is 1.87. The summed E-state index contributed by atoms with van der Waals surface area (Å²) >= 11 is 0.682. The second-order valence-corrected chi connectivity index (χ2v) is 28.7. The van der Waals surface area contributed by atoms with Crippen LogP contribution < -0.4 is 30.7 Å². The lowest BCUT2D eigenvalue weighted by Gasteiger charge is -2.27. The van der Waals surface area contributed by atoms with Crippen LogP contribution in [0.3, 0.4) is 0 Å². The van der Waals surface area contributed by atoms with E-state index in [0.29, 0.717) is 75.8 Å². The molecule has 3 amide bonds. The van der Waals surface area contributed by atoms with Crippen LogP contribution in [0.15, 0.2) is 98.9 Å². The van der Waals surface area contributed by atoms with Crippen LogP contribution in [-0.4, -0.2) is 136 Å². The number of nitrogens with zero attached hydrogens (tertiary/aromatic N) is 5. The molecule has 0 radical (unpaired) electrons. The summed E-state index contributed by atoms with van der Waals surface area (Å²) < 4.78 is 161. The number of allylic oxidation sites excluding steroid dienone is 6. The van der Waals surface area contributed by atoms with E-state index in [4.69, 9.17) is 5.14 Å². The molecule has 0 aliphatic carbocycles. The van der Waals surface area contributed by atoms with Gasteiger partial charge in [0, 0.05) is 78.8 Å². The molecule has 0 saturated carbocycles. The van der Waals surface area contributed by atoms with Crippen molar-refractivity contribution in [1.82, 2.24) is 20.7 Å². The average molecular weight is 1240 g/mol. The second kappa shape index (κ2) is 25.1. The van der Waals surface area contributed by atoms with Crippen LogP contribution in [0.1, 0.15) is 99.8 Å². The number of carbonyl (C=O) groups is 3. The molecule has 0 fully saturated rings. The molecule has 26 nitrogen and oxygen atoms in total. The third-order valence-corrected chi connectivity index (χ3v) is 18.9. The third kappa shape index (κ3) is 16.7. The van der Waals surface area contributed by atoms with E-state index in [1.54, 1.807) is 67.5 Å². The van der Waals surface area contributed by atoms with Crippen LogP contribution >= 0.6 is 11.3 Å². The molecule has 0 atom stereocenters. The first-order chi connectivity index (χ1) is 37.5. The second-order valence-electron chi connectivity index (χ2n) is 20.0. The van der Waals surface area contributed by atoms with Gasteiger partial charge in [0.15, 0.2) is 5.71 Å². The van der Waals surface area contributed by atoms with E-state index < -0.39 is 84.6 Å². The maximum Gasteiger partial charge on any atom is 0.364 e. The van der Waals surface area contributed by atoms with Crippen molar-refractivity contribution in [3.05, 3.63) is 107 Å². The number of amides is 3. The van der Waals surface area contributed by atoms with Crippen LogP contribution in [0.25, 0.3) is 5.57 Å². The lowest BCUT2D eigenvalue weighted by Crippen LogP contribution is -2.36. The molecule has 9 N–H and O–H groups in total. The van der Waals surface area contributed by atoms with E-state index in [1.807, 2.05) is 0 Å². The van der Waals surface area contributed by atoms with Crippen molar-refractivity contribution < 1.29 is 83.9 Å².